The van der Waals surface area contributed by atoms with Crippen LogP contribution in [0.1, 0.15) is 32.1 Å². The Bertz CT molecular complexity index is 157. The zero-order valence-corrected chi connectivity index (χ0v) is 7.28. The van der Waals surface area contributed by atoms with Gasteiger partial charge in [0.1, 0.15) is 6.29 Å². The molecule has 68 valence electrons. The maximum Gasteiger partial charge on any atom is 0.142 e. The molecule has 0 spiro atoms. The minimum absolute atomic E-state index is 0.384. The molecule has 0 saturated heterocycles. The summed E-state index contributed by atoms with van der Waals surface area (Å²) in [4.78, 5) is 9.99. The largest absolute Gasteiger partial charge is 0.389 e. The second-order valence-corrected chi connectivity index (χ2v) is 3.41. The summed E-state index contributed by atoms with van der Waals surface area (Å²) in [5.41, 5.74) is 0. The Balaban J connectivity index is 2.33. The van der Waals surface area contributed by atoms with Gasteiger partial charge in [-0.1, -0.05) is 25.3 Å². The Hall–Kier alpha value is -0.630. The number of carbonyl (C=O) groups is 1. The monoisotopic (exact) mass is 168 g/mol. The summed E-state index contributed by atoms with van der Waals surface area (Å²) in [5, 5.41) is 9.56. The molecule has 1 unspecified atom stereocenters. The topological polar surface area (TPSA) is 37.3 Å². The van der Waals surface area contributed by atoms with Crippen molar-refractivity contribution in [1.82, 2.24) is 0 Å². The third-order valence-corrected chi connectivity index (χ3v) is 2.52. The van der Waals surface area contributed by atoms with Crippen LogP contribution in [0.4, 0.5) is 0 Å². The van der Waals surface area contributed by atoms with Crippen LogP contribution in [0.5, 0.6) is 0 Å². The Labute approximate surface area is 73.3 Å². The summed E-state index contributed by atoms with van der Waals surface area (Å²) in [7, 11) is 0. The lowest BCUT2D eigenvalue weighted by Crippen LogP contribution is -2.20. The number of rotatable bonds is 3. The third-order valence-electron chi connectivity index (χ3n) is 2.52. The number of allylic oxidation sites excluding steroid dienone is 1. The Morgan fingerprint density at radius 1 is 1.25 bits per heavy atom. The van der Waals surface area contributed by atoms with E-state index >= 15 is 0 Å². The molecule has 0 bridgehead atoms. The molecule has 2 nitrogen and oxygen atoms in total. The van der Waals surface area contributed by atoms with E-state index < -0.39 is 6.10 Å². The maximum atomic E-state index is 9.99. The number of aliphatic hydroxyl groups is 1. The van der Waals surface area contributed by atoms with Crippen LogP contribution in [0.15, 0.2) is 12.2 Å². The number of hydrogen-bond donors (Lipinski definition) is 1. The summed E-state index contributed by atoms with van der Waals surface area (Å²) >= 11 is 0. The molecule has 12 heavy (non-hydrogen) atoms. The first-order chi connectivity index (χ1) is 5.84. The molecule has 1 saturated carbocycles. The SMILES string of the molecule is O=C/C=C/C(O)C1CCCCC1. The second-order valence-electron chi connectivity index (χ2n) is 3.41. The van der Waals surface area contributed by atoms with Crippen molar-refractivity contribution in [2.45, 2.75) is 38.2 Å². The second kappa shape index (κ2) is 5.09. The molecule has 0 amide bonds. The van der Waals surface area contributed by atoms with Gasteiger partial charge in [0, 0.05) is 0 Å². The molecule has 0 aromatic carbocycles. The van der Waals surface area contributed by atoms with Gasteiger partial charge in [-0.05, 0) is 24.8 Å². The van der Waals surface area contributed by atoms with Crippen molar-refractivity contribution in [3.8, 4) is 0 Å². The fraction of sp³-hybridized carbons (Fsp3) is 0.700. The van der Waals surface area contributed by atoms with Gasteiger partial charge in [-0.15, -0.1) is 0 Å². The lowest BCUT2D eigenvalue weighted by atomic mass is 9.85. The van der Waals surface area contributed by atoms with Crippen LogP contribution < -0.4 is 0 Å². The summed E-state index contributed by atoms with van der Waals surface area (Å²) in [6, 6.07) is 0. The Morgan fingerprint density at radius 3 is 2.50 bits per heavy atom. The van der Waals surface area contributed by atoms with Gasteiger partial charge in [0.05, 0.1) is 6.10 Å². The predicted molar refractivity (Wildman–Crippen MR) is 47.8 cm³/mol. The first-order valence-corrected chi connectivity index (χ1v) is 4.64. The van der Waals surface area contributed by atoms with Gasteiger partial charge < -0.3 is 5.11 Å². The molecule has 0 heterocycles. The number of carbonyl (C=O) groups excluding carboxylic acids is 1. The quantitative estimate of drug-likeness (QED) is 0.514. The minimum atomic E-state index is -0.407. The first-order valence-electron chi connectivity index (χ1n) is 4.64. The van der Waals surface area contributed by atoms with Gasteiger partial charge in [0.25, 0.3) is 0 Å². The molecule has 1 atom stereocenters. The van der Waals surface area contributed by atoms with E-state index in [9.17, 15) is 9.90 Å². The molecule has 1 aliphatic rings. The van der Waals surface area contributed by atoms with Crippen molar-refractivity contribution in [1.29, 1.82) is 0 Å². The molecule has 1 aliphatic carbocycles. The highest BCUT2D eigenvalue weighted by Crippen LogP contribution is 2.26. The highest BCUT2D eigenvalue weighted by Gasteiger charge is 2.18. The van der Waals surface area contributed by atoms with E-state index in [2.05, 4.69) is 0 Å². The average Bonchev–Trinajstić information content (AvgIpc) is 2.15. The van der Waals surface area contributed by atoms with E-state index in [4.69, 9.17) is 0 Å². The summed E-state index contributed by atoms with van der Waals surface area (Å²) in [6.07, 6.45) is 9.23. The van der Waals surface area contributed by atoms with Gasteiger partial charge in [-0.3, -0.25) is 4.79 Å². The fourth-order valence-electron chi connectivity index (χ4n) is 1.79. The molecule has 0 radical (unpaired) electrons. The maximum absolute atomic E-state index is 9.99. The van der Waals surface area contributed by atoms with Crippen molar-refractivity contribution in [2.75, 3.05) is 0 Å². The normalized spacial score (nSPS) is 22.8. The molecule has 0 aliphatic heterocycles. The number of aldehydes is 1. The van der Waals surface area contributed by atoms with Crippen LogP contribution in [-0.2, 0) is 4.79 Å². The molecular formula is C10H16O2. The summed E-state index contributed by atoms with van der Waals surface area (Å²) < 4.78 is 0. The van der Waals surface area contributed by atoms with Gasteiger partial charge in [0.15, 0.2) is 0 Å². The van der Waals surface area contributed by atoms with E-state index in [0.717, 1.165) is 12.8 Å². The summed E-state index contributed by atoms with van der Waals surface area (Å²) in [6.45, 7) is 0. The lowest BCUT2D eigenvalue weighted by Gasteiger charge is -2.24. The fourth-order valence-corrected chi connectivity index (χ4v) is 1.79. The Morgan fingerprint density at radius 2 is 1.92 bits per heavy atom. The Kier molecular flexibility index (Phi) is 4.01. The minimum Gasteiger partial charge on any atom is -0.389 e. The van der Waals surface area contributed by atoms with Crippen molar-refractivity contribution >= 4 is 6.29 Å². The van der Waals surface area contributed by atoms with Crippen LogP contribution in [0.2, 0.25) is 0 Å². The first kappa shape index (κ1) is 9.46. The van der Waals surface area contributed by atoms with E-state index in [0.29, 0.717) is 12.2 Å². The van der Waals surface area contributed by atoms with Crippen molar-refractivity contribution < 1.29 is 9.90 Å². The van der Waals surface area contributed by atoms with Crippen LogP contribution in [0.25, 0.3) is 0 Å². The highest BCUT2D eigenvalue weighted by atomic mass is 16.3. The van der Waals surface area contributed by atoms with Crippen molar-refractivity contribution in [3.05, 3.63) is 12.2 Å². The average molecular weight is 168 g/mol. The van der Waals surface area contributed by atoms with Crippen LogP contribution >= 0.6 is 0 Å². The third kappa shape index (κ3) is 2.78. The van der Waals surface area contributed by atoms with Crippen LogP contribution in [0, 0.1) is 5.92 Å². The zero-order valence-electron chi connectivity index (χ0n) is 7.28. The molecule has 0 aromatic rings. The standard InChI is InChI=1S/C10H16O2/c11-8-4-7-10(12)9-5-2-1-3-6-9/h4,7-10,12H,1-3,5-6H2/b7-4+. The highest BCUT2D eigenvalue weighted by molar-refractivity contribution is 5.64. The predicted octanol–water partition coefficient (Wildman–Crippen LogP) is 1.68. The molecule has 2 heteroatoms. The van der Waals surface area contributed by atoms with E-state index in [1.165, 1.54) is 25.3 Å². The van der Waals surface area contributed by atoms with Crippen LogP contribution in [-0.4, -0.2) is 17.5 Å². The molecule has 1 N–H and O–H groups in total. The van der Waals surface area contributed by atoms with Gasteiger partial charge >= 0.3 is 0 Å². The summed E-state index contributed by atoms with van der Waals surface area (Å²) in [5.74, 6) is 0.384. The smallest absolute Gasteiger partial charge is 0.142 e. The van der Waals surface area contributed by atoms with Crippen molar-refractivity contribution in [3.63, 3.8) is 0 Å². The molecule has 1 fully saturated rings. The van der Waals surface area contributed by atoms with Crippen molar-refractivity contribution in [2.24, 2.45) is 5.92 Å². The van der Waals surface area contributed by atoms with Gasteiger partial charge in [-0.25, -0.2) is 0 Å². The van der Waals surface area contributed by atoms with Gasteiger partial charge in [0.2, 0.25) is 0 Å². The number of hydrogen-bond acceptors (Lipinski definition) is 2. The van der Waals surface area contributed by atoms with Crippen LogP contribution in [0.3, 0.4) is 0 Å². The number of aliphatic hydroxyl groups excluding tert-OH is 1. The molecule has 1 rings (SSSR count). The van der Waals surface area contributed by atoms with E-state index in [1.54, 1.807) is 6.08 Å². The van der Waals surface area contributed by atoms with Gasteiger partial charge in [-0.2, -0.15) is 0 Å². The zero-order chi connectivity index (χ0) is 8.81. The lowest BCUT2D eigenvalue weighted by molar-refractivity contribution is -0.104. The molecule has 0 aromatic heterocycles. The van der Waals surface area contributed by atoms with E-state index in [-0.39, 0.29) is 0 Å². The molecular weight excluding hydrogens is 152 g/mol. The van der Waals surface area contributed by atoms with E-state index in [1.807, 2.05) is 0 Å².